The van der Waals surface area contributed by atoms with Gasteiger partial charge in [0.25, 0.3) is 0 Å². The Labute approximate surface area is 286 Å². The quantitative estimate of drug-likeness (QED) is 0.181. The van der Waals surface area contributed by atoms with Gasteiger partial charge in [-0.15, -0.1) is 0 Å². The zero-order chi connectivity index (χ0) is 29.1. The van der Waals surface area contributed by atoms with Crippen molar-refractivity contribution < 1.29 is 45.2 Å². The Kier molecular flexibility index (Phi) is 12.7. The number of fused-ring (bicyclic) bond motifs is 2. The summed E-state index contributed by atoms with van der Waals surface area (Å²) in [6.07, 6.45) is 13.1. The molecule has 0 bridgehead atoms. The minimum atomic E-state index is -2.13. The molecule has 2 unspecified atom stereocenters. The van der Waals surface area contributed by atoms with Gasteiger partial charge in [-0.25, -0.2) is 0 Å². The molecule has 0 spiro atoms. The Balaban J connectivity index is 0.00000221. The molecule has 4 aromatic carbocycles. The molecular weight excluding hydrogens is 671 g/mol. The van der Waals surface area contributed by atoms with Gasteiger partial charge in [0, 0.05) is 0 Å². The third kappa shape index (κ3) is 7.20. The Morgan fingerprint density at radius 3 is 1.32 bits per heavy atom. The summed E-state index contributed by atoms with van der Waals surface area (Å²) in [6, 6.07) is 36.6. The second-order valence-electron chi connectivity index (χ2n) is 12.4. The standard InChI is InChI=1S/2C19H19.C2H6Si.2ClH.Zr/c2*1-2-3-7-16-10-11-17-12-13-18(14-19(16)17)15-8-5-4-6-9-15;1-3-2;;;/h2*4-6,8-9,11-14,16H,2-3,7H2,1H3;1-2H3;2*1H;/q;;;;;+2/p-2. The van der Waals surface area contributed by atoms with Gasteiger partial charge in [0.2, 0.25) is 0 Å². The molecule has 0 aromatic heterocycles. The van der Waals surface area contributed by atoms with Crippen LogP contribution >= 0.6 is 0 Å². The molecule has 0 N–H and O–H groups in total. The molecule has 44 heavy (non-hydrogen) atoms. The van der Waals surface area contributed by atoms with E-state index in [0.717, 1.165) is 0 Å². The predicted octanol–water partition coefficient (Wildman–Crippen LogP) is 5.85. The monoisotopic (exact) mass is 712 g/mol. The third-order valence-electron chi connectivity index (χ3n) is 9.28. The average molecular weight is 715 g/mol. The maximum absolute atomic E-state index is 2.70. The average Bonchev–Trinajstić information content (AvgIpc) is 3.56. The van der Waals surface area contributed by atoms with Gasteiger partial charge < -0.3 is 24.8 Å². The van der Waals surface area contributed by atoms with Crippen LogP contribution in [0.4, 0.5) is 0 Å². The molecule has 226 valence electrons. The minimum absolute atomic E-state index is 0. The number of halogens is 2. The first kappa shape index (κ1) is 34.9. The number of benzene rings is 4. The number of allylic oxidation sites excluding steroid dienone is 2. The fourth-order valence-corrected chi connectivity index (χ4v) is 25.2. The van der Waals surface area contributed by atoms with Crippen LogP contribution < -0.4 is 24.8 Å². The molecular formula is C40H44Cl2SiZr. The van der Waals surface area contributed by atoms with E-state index in [1.54, 1.807) is 11.1 Å². The summed E-state index contributed by atoms with van der Waals surface area (Å²) in [5.74, 6) is 1.21. The fraction of sp³-hybridized carbons (Fsp3) is 0.300. The predicted molar refractivity (Wildman–Crippen MR) is 182 cm³/mol. The number of hydrogen-bond donors (Lipinski definition) is 0. The van der Waals surface area contributed by atoms with Crippen LogP contribution in [0.3, 0.4) is 0 Å². The Bertz CT molecular complexity index is 1550. The van der Waals surface area contributed by atoms with Gasteiger partial charge in [0.15, 0.2) is 0 Å². The van der Waals surface area contributed by atoms with E-state index in [1.165, 1.54) is 71.9 Å². The Morgan fingerprint density at radius 1 is 0.545 bits per heavy atom. The molecule has 4 heteroatoms. The van der Waals surface area contributed by atoms with Gasteiger partial charge >= 0.3 is 263 Å². The minimum Gasteiger partial charge on any atom is -1.00 e. The molecule has 2 aliphatic rings. The molecule has 0 radical (unpaired) electrons. The zero-order valence-corrected chi connectivity index (χ0v) is 31.5. The van der Waals surface area contributed by atoms with Gasteiger partial charge in [-0.3, -0.25) is 0 Å². The first-order chi connectivity index (χ1) is 20.6. The first-order valence-electron chi connectivity index (χ1n) is 16.1. The summed E-state index contributed by atoms with van der Waals surface area (Å²) in [6.45, 7) is 10.0. The van der Waals surface area contributed by atoms with Gasteiger partial charge in [-0.1, -0.05) is 0 Å². The Morgan fingerprint density at radius 2 is 0.955 bits per heavy atom. The smallest absolute Gasteiger partial charge is 1.00 e. The maximum atomic E-state index is 2.70. The summed E-state index contributed by atoms with van der Waals surface area (Å²) in [7, 11) is 0. The van der Waals surface area contributed by atoms with E-state index >= 15 is 0 Å². The van der Waals surface area contributed by atoms with Crippen molar-refractivity contribution in [3.8, 4) is 22.3 Å². The number of rotatable bonds is 10. The van der Waals surface area contributed by atoms with Gasteiger partial charge in [0.05, 0.1) is 0 Å². The Hall–Kier alpha value is -1.96. The van der Waals surface area contributed by atoms with Crippen molar-refractivity contribution in [2.75, 3.05) is 0 Å². The van der Waals surface area contributed by atoms with E-state index in [0.29, 0.717) is 11.8 Å². The second-order valence-corrected chi connectivity index (χ2v) is 29.4. The summed E-state index contributed by atoms with van der Waals surface area (Å²) in [4.78, 5) is 0. The van der Waals surface area contributed by atoms with Gasteiger partial charge in [-0.05, 0) is 0 Å². The van der Waals surface area contributed by atoms with E-state index in [4.69, 9.17) is 0 Å². The topological polar surface area (TPSA) is 0 Å². The largest absolute Gasteiger partial charge is 1.00 e. The van der Waals surface area contributed by atoms with Crippen LogP contribution in [-0.2, 0) is 20.4 Å². The SMILES string of the molecule is CCCCC1[C]([Zr+2]([C]2=Cc3ccc(-c4ccccc4)cc3C2CCCC)=[Si](C)C)=Cc2ccc(-c3ccccc3)cc21.[Cl-].[Cl-]. The second kappa shape index (κ2) is 16.0. The van der Waals surface area contributed by atoms with Crippen LogP contribution in [0.25, 0.3) is 34.4 Å². The number of hydrogen-bond acceptors (Lipinski definition) is 0. The van der Waals surface area contributed by atoms with Crippen LogP contribution in [0.15, 0.2) is 104 Å². The van der Waals surface area contributed by atoms with Crippen molar-refractivity contribution in [2.45, 2.75) is 77.3 Å². The van der Waals surface area contributed by atoms with Crippen LogP contribution in [0, 0.1) is 0 Å². The molecule has 0 amide bonds. The van der Waals surface area contributed by atoms with Gasteiger partial charge in [0.1, 0.15) is 0 Å². The summed E-state index contributed by atoms with van der Waals surface area (Å²) < 4.78 is 3.79. The first-order valence-corrected chi connectivity index (χ1v) is 24.7. The van der Waals surface area contributed by atoms with Crippen LogP contribution in [0.5, 0.6) is 0 Å². The van der Waals surface area contributed by atoms with Crippen molar-refractivity contribution in [3.63, 3.8) is 0 Å². The van der Waals surface area contributed by atoms with E-state index in [-0.39, 0.29) is 24.8 Å². The third-order valence-corrected chi connectivity index (χ3v) is 26.3. The van der Waals surface area contributed by atoms with Crippen LogP contribution in [0.1, 0.15) is 86.5 Å². The molecule has 0 fully saturated rings. The molecule has 2 aliphatic carbocycles. The fourth-order valence-electron chi connectivity index (χ4n) is 7.18. The van der Waals surface area contributed by atoms with E-state index in [1.807, 2.05) is 6.56 Å². The van der Waals surface area contributed by atoms with E-state index in [2.05, 4.69) is 136 Å². The molecule has 0 saturated carbocycles. The molecule has 6 rings (SSSR count). The van der Waals surface area contributed by atoms with Gasteiger partial charge in [-0.2, -0.15) is 0 Å². The van der Waals surface area contributed by atoms with E-state index in [9.17, 15) is 0 Å². The molecule has 0 saturated heterocycles. The molecule has 0 nitrogen and oxygen atoms in total. The van der Waals surface area contributed by atoms with E-state index < -0.39 is 25.8 Å². The maximum Gasteiger partial charge on any atom is -1.00 e. The van der Waals surface area contributed by atoms with Crippen molar-refractivity contribution >= 4 is 17.6 Å². The van der Waals surface area contributed by atoms with Crippen molar-refractivity contribution in [1.29, 1.82) is 0 Å². The summed E-state index contributed by atoms with van der Waals surface area (Å²) >= 11 is -2.13. The molecule has 2 atom stereocenters. The number of unbranched alkanes of at least 4 members (excludes halogenated alkanes) is 2. The molecule has 4 aromatic rings. The summed E-state index contributed by atoms with van der Waals surface area (Å²) in [5.41, 5.74) is 11.2. The van der Waals surface area contributed by atoms with Crippen LogP contribution in [-0.4, -0.2) is 5.43 Å². The van der Waals surface area contributed by atoms with Crippen molar-refractivity contribution in [2.24, 2.45) is 0 Å². The zero-order valence-electron chi connectivity index (χ0n) is 26.5. The molecule has 0 aliphatic heterocycles. The molecule has 0 heterocycles. The summed E-state index contributed by atoms with van der Waals surface area (Å²) in [5, 5.41) is 0. The van der Waals surface area contributed by atoms with Crippen molar-refractivity contribution in [1.82, 2.24) is 0 Å². The normalized spacial score (nSPS) is 16.0. The van der Waals surface area contributed by atoms with Crippen LogP contribution in [0.2, 0.25) is 13.1 Å². The van der Waals surface area contributed by atoms with Crippen molar-refractivity contribution in [3.05, 3.63) is 126 Å².